The molecular formula is C10H16N2OS. The van der Waals surface area contributed by atoms with Gasteiger partial charge in [0.1, 0.15) is 5.01 Å². The highest BCUT2D eigenvalue weighted by atomic mass is 32.1. The third-order valence-corrected chi connectivity index (χ3v) is 3.55. The van der Waals surface area contributed by atoms with Crippen LogP contribution in [0.3, 0.4) is 0 Å². The van der Waals surface area contributed by atoms with Gasteiger partial charge in [0.05, 0.1) is 6.54 Å². The molecule has 1 aromatic rings. The molecule has 1 unspecified atom stereocenters. The van der Waals surface area contributed by atoms with E-state index < -0.39 is 0 Å². The molecule has 1 aliphatic rings. The number of hydrogen-bond acceptors (Lipinski definition) is 4. The minimum absolute atomic E-state index is 0.327. The number of rotatable bonds is 3. The molecule has 0 aliphatic carbocycles. The van der Waals surface area contributed by atoms with Crippen LogP contribution in [0.4, 0.5) is 0 Å². The Kier molecular flexibility index (Phi) is 3.15. The van der Waals surface area contributed by atoms with Gasteiger partial charge in [0.15, 0.2) is 0 Å². The molecule has 1 aliphatic heterocycles. The van der Waals surface area contributed by atoms with Crippen molar-refractivity contribution in [2.24, 2.45) is 5.92 Å². The number of aromatic nitrogens is 1. The topological polar surface area (TPSA) is 36.4 Å². The average molecular weight is 212 g/mol. The largest absolute Gasteiger partial charge is 0.396 e. The Labute approximate surface area is 88.4 Å². The monoisotopic (exact) mass is 212 g/mol. The molecule has 2 rings (SSSR count). The lowest BCUT2D eigenvalue weighted by atomic mass is 10.1. The molecule has 0 amide bonds. The van der Waals surface area contributed by atoms with Crippen LogP contribution in [0.5, 0.6) is 0 Å². The molecule has 0 spiro atoms. The quantitative estimate of drug-likeness (QED) is 0.819. The predicted octanol–water partition coefficient (Wildman–Crippen LogP) is 1.27. The van der Waals surface area contributed by atoms with Crippen LogP contribution in [0.15, 0.2) is 6.20 Å². The fourth-order valence-electron chi connectivity index (χ4n) is 1.87. The van der Waals surface area contributed by atoms with Gasteiger partial charge in [0, 0.05) is 24.2 Å². The zero-order valence-electron chi connectivity index (χ0n) is 8.44. The van der Waals surface area contributed by atoms with Gasteiger partial charge in [0.2, 0.25) is 0 Å². The molecule has 1 atom stereocenters. The van der Waals surface area contributed by atoms with E-state index in [2.05, 4.69) is 16.8 Å². The van der Waals surface area contributed by atoms with Crippen LogP contribution in [0.2, 0.25) is 0 Å². The van der Waals surface area contributed by atoms with Crippen molar-refractivity contribution >= 4 is 11.3 Å². The van der Waals surface area contributed by atoms with E-state index in [1.807, 2.05) is 6.20 Å². The molecule has 1 aromatic heterocycles. The zero-order valence-corrected chi connectivity index (χ0v) is 9.26. The van der Waals surface area contributed by atoms with Crippen LogP contribution in [0, 0.1) is 12.8 Å². The summed E-state index contributed by atoms with van der Waals surface area (Å²) in [5, 5.41) is 10.2. The lowest BCUT2D eigenvalue weighted by Gasteiger charge is -2.12. The molecular weight excluding hydrogens is 196 g/mol. The molecule has 3 nitrogen and oxygen atoms in total. The SMILES string of the molecule is Cc1cnc(CN2CCC(CO)C2)s1. The Morgan fingerprint density at radius 2 is 2.57 bits per heavy atom. The first-order valence-electron chi connectivity index (χ1n) is 5.02. The lowest BCUT2D eigenvalue weighted by molar-refractivity contribution is 0.220. The molecule has 1 N–H and O–H groups in total. The van der Waals surface area contributed by atoms with E-state index in [-0.39, 0.29) is 0 Å². The highest BCUT2D eigenvalue weighted by Crippen LogP contribution is 2.20. The Balaban J connectivity index is 1.87. The standard InChI is InChI=1S/C10H16N2OS/c1-8-4-11-10(14-8)6-12-3-2-9(5-12)7-13/h4,9,13H,2-3,5-7H2,1H3. The molecule has 0 radical (unpaired) electrons. The molecule has 78 valence electrons. The average Bonchev–Trinajstić information content (AvgIpc) is 2.76. The van der Waals surface area contributed by atoms with Gasteiger partial charge in [-0.3, -0.25) is 4.90 Å². The molecule has 1 saturated heterocycles. The summed E-state index contributed by atoms with van der Waals surface area (Å²) in [4.78, 5) is 7.99. The van der Waals surface area contributed by atoms with Crippen molar-refractivity contribution in [3.05, 3.63) is 16.1 Å². The number of aryl methyl sites for hydroxylation is 1. The van der Waals surface area contributed by atoms with Gasteiger partial charge in [0.25, 0.3) is 0 Å². The normalized spacial score (nSPS) is 23.1. The Hall–Kier alpha value is -0.450. The number of nitrogens with zero attached hydrogens (tertiary/aromatic N) is 2. The maximum atomic E-state index is 9.01. The minimum Gasteiger partial charge on any atom is -0.396 e. The summed E-state index contributed by atoms with van der Waals surface area (Å²) in [5.74, 6) is 0.482. The summed E-state index contributed by atoms with van der Waals surface area (Å²) in [6.07, 6.45) is 3.06. The summed E-state index contributed by atoms with van der Waals surface area (Å²) in [7, 11) is 0. The van der Waals surface area contributed by atoms with Gasteiger partial charge in [-0.25, -0.2) is 4.98 Å². The van der Waals surface area contributed by atoms with Crippen LogP contribution in [-0.2, 0) is 6.54 Å². The minimum atomic E-state index is 0.327. The second kappa shape index (κ2) is 4.38. The highest BCUT2D eigenvalue weighted by Gasteiger charge is 2.22. The van der Waals surface area contributed by atoms with Gasteiger partial charge in [-0.1, -0.05) is 0 Å². The predicted molar refractivity (Wildman–Crippen MR) is 57.3 cm³/mol. The second-order valence-electron chi connectivity index (χ2n) is 3.94. The van der Waals surface area contributed by atoms with Gasteiger partial charge in [-0.05, 0) is 25.8 Å². The van der Waals surface area contributed by atoms with Crippen molar-refractivity contribution in [1.29, 1.82) is 0 Å². The van der Waals surface area contributed by atoms with Gasteiger partial charge in [-0.2, -0.15) is 0 Å². The van der Waals surface area contributed by atoms with Gasteiger partial charge in [-0.15, -0.1) is 11.3 Å². The molecule has 2 heterocycles. The Morgan fingerprint density at radius 3 is 3.14 bits per heavy atom. The number of aliphatic hydroxyl groups excluding tert-OH is 1. The fourth-order valence-corrected chi connectivity index (χ4v) is 2.70. The third-order valence-electron chi connectivity index (χ3n) is 2.66. The zero-order chi connectivity index (χ0) is 9.97. The van der Waals surface area contributed by atoms with Crippen molar-refractivity contribution in [3.63, 3.8) is 0 Å². The molecule has 0 saturated carbocycles. The Bertz CT molecular complexity index is 300. The highest BCUT2D eigenvalue weighted by molar-refractivity contribution is 7.11. The van der Waals surface area contributed by atoms with Crippen molar-refractivity contribution in [2.75, 3.05) is 19.7 Å². The van der Waals surface area contributed by atoms with E-state index in [0.717, 1.165) is 26.1 Å². The van der Waals surface area contributed by atoms with Crippen LogP contribution < -0.4 is 0 Å². The summed E-state index contributed by atoms with van der Waals surface area (Å²) in [6, 6.07) is 0. The number of likely N-dealkylation sites (tertiary alicyclic amines) is 1. The first kappa shape index (κ1) is 10.1. The van der Waals surface area contributed by atoms with E-state index in [0.29, 0.717) is 12.5 Å². The number of aliphatic hydroxyl groups is 1. The van der Waals surface area contributed by atoms with E-state index in [1.54, 1.807) is 11.3 Å². The van der Waals surface area contributed by atoms with Crippen molar-refractivity contribution in [3.8, 4) is 0 Å². The summed E-state index contributed by atoms with van der Waals surface area (Å²) in [6.45, 7) is 5.49. The number of thiazole rings is 1. The van der Waals surface area contributed by atoms with E-state index in [4.69, 9.17) is 5.11 Å². The van der Waals surface area contributed by atoms with Gasteiger partial charge < -0.3 is 5.11 Å². The second-order valence-corrected chi connectivity index (χ2v) is 5.26. The smallest absolute Gasteiger partial charge is 0.107 e. The van der Waals surface area contributed by atoms with Crippen LogP contribution in [0.25, 0.3) is 0 Å². The van der Waals surface area contributed by atoms with E-state index in [1.165, 1.54) is 9.88 Å². The van der Waals surface area contributed by atoms with Gasteiger partial charge >= 0.3 is 0 Å². The summed E-state index contributed by atoms with van der Waals surface area (Å²) >= 11 is 1.77. The lowest BCUT2D eigenvalue weighted by Crippen LogP contribution is -2.20. The fraction of sp³-hybridized carbons (Fsp3) is 0.700. The molecule has 0 aromatic carbocycles. The maximum absolute atomic E-state index is 9.01. The Morgan fingerprint density at radius 1 is 1.71 bits per heavy atom. The van der Waals surface area contributed by atoms with E-state index in [9.17, 15) is 0 Å². The number of hydrogen-bond donors (Lipinski definition) is 1. The van der Waals surface area contributed by atoms with Crippen molar-refractivity contribution in [2.45, 2.75) is 19.9 Å². The molecule has 14 heavy (non-hydrogen) atoms. The molecule has 4 heteroatoms. The van der Waals surface area contributed by atoms with Crippen LogP contribution >= 0.6 is 11.3 Å². The first-order valence-corrected chi connectivity index (χ1v) is 5.84. The first-order chi connectivity index (χ1) is 6.78. The van der Waals surface area contributed by atoms with Crippen molar-refractivity contribution < 1.29 is 5.11 Å². The molecule has 0 bridgehead atoms. The third kappa shape index (κ3) is 2.32. The summed E-state index contributed by atoms with van der Waals surface area (Å²) in [5.41, 5.74) is 0. The summed E-state index contributed by atoms with van der Waals surface area (Å²) < 4.78 is 0. The van der Waals surface area contributed by atoms with Crippen LogP contribution in [0.1, 0.15) is 16.3 Å². The maximum Gasteiger partial charge on any atom is 0.107 e. The van der Waals surface area contributed by atoms with E-state index >= 15 is 0 Å². The van der Waals surface area contributed by atoms with Crippen molar-refractivity contribution in [1.82, 2.24) is 9.88 Å². The molecule has 1 fully saturated rings. The van der Waals surface area contributed by atoms with Crippen LogP contribution in [-0.4, -0.2) is 34.7 Å².